The van der Waals surface area contributed by atoms with Gasteiger partial charge >= 0.3 is 0 Å². The largest absolute Gasteiger partial charge is 0.503 e. The van der Waals surface area contributed by atoms with Gasteiger partial charge in [-0.2, -0.15) is 0 Å². The lowest BCUT2D eigenvalue weighted by Gasteiger charge is -2.23. The van der Waals surface area contributed by atoms with Crippen molar-refractivity contribution in [1.29, 1.82) is 0 Å². The van der Waals surface area contributed by atoms with Crippen molar-refractivity contribution in [3.05, 3.63) is 128 Å². The zero-order valence-electron chi connectivity index (χ0n) is 20.5. The van der Waals surface area contributed by atoms with Crippen LogP contribution in [0.2, 0.25) is 5.02 Å². The normalized spacial score (nSPS) is 15.3. The Morgan fingerprint density at radius 1 is 1.07 bits per heavy atom. The van der Waals surface area contributed by atoms with Gasteiger partial charge in [-0.25, -0.2) is 0 Å². The van der Waals surface area contributed by atoms with Gasteiger partial charge in [0.2, 0.25) is 5.13 Å². The second kappa shape index (κ2) is 11.8. The van der Waals surface area contributed by atoms with E-state index in [0.717, 1.165) is 22.5 Å². The van der Waals surface area contributed by atoms with Crippen LogP contribution in [0.3, 0.4) is 0 Å². The number of nitro groups is 1. The van der Waals surface area contributed by atoms with Crippen molar-refractivity contribution < 1.29 is 19.6 Å². The quantitative estimate of drug-likeness (QED) is 0.0762. The molecule has 12 heteroatoms. The molecule has 1 aliphatic heterocycles. The Labute approximate surface area is 241 Å². The molecule has 0 saturated carbocycles. The number of halogens is 1. The Morgan fingerprint density at radius 3 is 2.45 bits per heavy atom. The zero-order chi connectivity index (χ0) is 28.2. The maximum atomic E-state index is 13.4. The lowest BCUT2D eigenvalue weighted by molar-refractivity contribution is -0.384. The first-order chi connectivity index (χ1) is 19.3. The van der Waals surface area contributed by atoms with Crippen LogP contribution in [-0.4, -0.2) is 31.9 Å². The molecule has 0 bridgehead atoms. The maximum absolute atomic E-state index is 13.4. The van der Waals surface area contributed by atoms with Gasteiger partial charge in [0.05, 0.1) is 16.5 Å². The maximum Gasteiger partial charge on any atom is 0.296 e. The minimum atomic E-state index is -1.07. The lowest BCUT2D eigenvalue weighted by atomic mass is 9.95. The van der Waals surface area contributed by atoms with E-state index >= 15 is 0 Å². The molecule has 1 aromatic heterocycles. The van der Waals surface area contributed by atoms with Crippen LogP contribution in [0.5, 0.6) is 0 Å². The number of hydrogen-bond donors (Lipinski definition) is 1. The summed E-state index contributed by atoms with van der Waals surface area (Å²) in [5.74, 6) is -1.52. The predicted octanol–water partition coefficient (Wildman–Crippen LogP) is 6.57. The van der Waals surface area contributed by atoms with E-state index < -0.39 is 28.4 Å². The van der Waals surface area contributed by atoms with E-state index in [2.05, 4.69) is 10.2 Å². The van der Waals surface area contributed by atoms with Gasteiger partial charge in [0, 0.05) is 22.9 Å². The van der Waals surface area contributed by atoms with Gasteiger partial charge in [0.15, 0.2) is 15.9 Å². The molecule has 1 N–H and O–H groups in total. The number of aliphatic hydroxyl groups excluding tert-OH is 1. The molecule has 0 aliphatic carbocycles. The minimum Gasteiger partial charge on any atom is -0.503 e. The third kappa shape index (κ3) is 5.81. The lowest BCUT2D eigenvalue weighted by Crippen LogP contribution is -2.30. The van der Waals surface area contributed by atoms with Crippen LogP contribution in [0, 0.1) is 10.1 Å². The Kier molecular flexibility index (Phi) is 8.06. The molecule has 5 rings (SSSR count). The van der Waals surface area contributed by atoms with Crippen molar-refractivity contribution in [3.8, 4) is 0 Å². The van der Waals surface area contributed by atoms with E-state index in [-0.39, 0.29) is 16.4 Å². The van der Waals surface area contributed by atoms with Crippen molar-refractivity contribution in [2.24, 2.45) is 0 Å². The third-order valence-corrected chi connectivity index (χ3v) is 8.38. The summed E-state index contributed by atoms with van der Waals surface area (Å²) in [6.45, 7) is 0. The molecule has 3 aromatic carbocycles. The van der Waals surface area contributed by atoms with E-state index in [1.165, 1.54) is 47.0 Å². The highest BCUT2D eigenvalue weighted by atomic mass is 35.5. The zero-order valence-corrected chi connectivity index (χ0v) is 22.9. The predicted molar refractivity (Wildman–Crippen MR) is 154 cm³/mol. The average Bonchev–Trinajstić information content (AvgIpc) is 3.54. The molecule has 0 fully saturated rings. The van der Waals surface area contributed by atoms with Crippen LogP contribution in [-0.2, 0) is 15.3 Å². The van der Waals surface area contributed by atoms with Crippen LogP contribution in [0.15, 0.2) is 101 Å². The molecular formula is C28H19ClN4O5S2. The fourth-order valence-electron chi connectivity index (χ4n) is 4.06. The summed E-state index contributed by atoms with van der Waals surface area (Å²) in [6.07, 6.45) is 2.86. The summed E-state index contributed by atoms with van der Waals surface area (Å²) < 4.78 is 0.573. The number of amides is 1. The number of carbonyl (C=O) groups excluding carboxylic acids is 2. The molecular weight excluding hydrogens is 572 g/mol. The number of hydrogen-bond acceptors (Lipinski definition) is 9. The van der Waals surface area contributed by atoms with Crippen LogP contribution in [0.25, 0.3) is 6.08 Å². The topological polar surface area (TPSA) is 127 Å². The molecule has 40 heavy (non-hydrogen) atoms. The van der Waals surface area contributed by atoms with Gasteiger partial charge in [-0.15, -0.1) is 10.2 Å². The second-order valence-corrected chi connectivity index (χ2v) is 11.2. The Morgan fingerprint density at radius 2 is 1.77 bits per heavy atom. The number of aliphatic hydroxyl groups is 1. The van der Waals surface area contributed by atoms with E-state index in [1.807, 2.05) is 42.5 Å². The number of thioether (sulfide) groups is 1. The highest BCUT2D eigenvalue weighted by molar-refractivity contribution is 8.00. The fraction of sp³-hybridized carbons (Fsp3) is 0.0714. The number of benzene rings is 3. The molecule has 0 spiro atoms. The van der Waals surface area contributed by atoms with Crippen molar-refractivity contribution in [3.63, 3.8) is 0 Å². The molecule has 9 nitrogen and oxygen atoms in total. The van der Waals surface area contributed by atoms with Crippen LogP contribution < -0.4 is 4.90 Å². The molecule has 0 radical (unpaired) electrons. The van der Waals surface area contributed by atoms with Crippen molar-refractivity contribution in [2.75, 3.05) is 4.90 Å². The fourth-order valence-corrected chi connectivity index (χ4v) is 6.01. The molecule has 1 aliphatic rings. The van der Waals surface area contributed by atoms with Gasteiger partial charge in [0.1, 0.15) is 0 Å². The number of non-ortho nitro benzene ring substituents is 1. The number of nitro benzene ring substituents is 1. The number of allylic oxidation sites excluding steroid dienone is 1. The first-order valence-corrected chi connectivity index (χ1v) is 14.0. The van der Waals surface area contributed by atoms with Crippen molar-refractivity contribution in [2.45, 2.75) is 16.1 Å². The first kappa shape index (κ1) is 27.3. The summed E-state index contributed by atoms with van der Waals surface area (Å²) >= 11 is 8.50. The molecule has 4 aromatic rings. The number of aromatic nitrogens is 2. The highest BCUT2D eigenvalue weighted by Crippen LogP contribution is 2.43. The molecule has 1 unspecified atom stereocenters. The smallest absolute Gasteiger partial charge is 0.296 e. The Hall–Kier alpha value is -4.32. The van der Waals surface area contributed by atoms with Gasteiger partial charge < -0.3 is 5.11 Å². The minimum absolute atomic E-state index is 0.151. The monoisotopic (exact) mass is 590 g/mol. The molecule has 0 saturated heterocycles. The van der Waals surface area contributed by atoms with E-state index in [9.17, 15) is 24.8 Å². The summed E-state index contributed by atoms with van der Waals surface area (Å²) in [7, 11) is 0. The molecule has 1 amide bonds. The standard InChI is InChI=1S/C28H19ClN4O5S2/c29-20-11-6-18(7-12-20)16-39-28-31-30-27(40-28)32-24(19-9-13-21(14-10-19)33(37)38)23(25(35)26(32)36)22(34)15-8-17-4-2-1-3-5-17/h1-15,24,35H,16H2. The third-order valence-electron chi connectivity index (χ3n) is 6.00. The van der Waals surface area contributed by atoms with Gasteiger partial charge in [-0.05, 0) is 47.0 Å². The van der Waals surface area contributed by atoms with Gasteiger partial charge in [0.25, 0.3) is 11.6 Å². The van der Waals surface area contributed by atoms with Gasteiger partial charge in [-0.3, -0.25) is 24.6 Å². The SMILES string of the molecule is O=C(C=Cc1ccccc1)C1=C(O)C(=O)N(c2nnc(SCc3ccc(Cl)cc3)s2)C1c1ccc([N+](=O)[O-])cc1. The Bertz CT molecular complexity index is 1640. The van der Waals surface area contributed by atoms with Crippen LogP contribution in [0.4, 0.5) is 10.8 Å². The second-order valence-electron chi connectivity index (χ2n) is 8.56. The number of anilines is 1. The number of rotatable bonds is 9. The van der Waals surface area contributed by atoms with E-state index in [1.54, 1.807) is 18.2 Å². The van der Waals surface area contributed by atoms with Crippen LogP contribution in [0.1, 0.15) is 22.7 Å². The molecule has 1 atom stereocenters. The van der Waals surface area contributed by atoms with E-state index in [4.69, 9.17) is 11.6 Å². The van der Waals surface area contributed by atoms with Gasteiger partial charge in [-0.1, -0.05) is 83.2 Å². The summed E-state index contributed by atoms with van der Waals surface area (Å²) in [4.78, 5) is 38.5. The summed E-state index contributed by atoms with van der Waals surface area (Å²) in [6, 6.07) is 20.9. The van der Waals surface area contributed by atoms with Crippen LogP contribution >= 0.6 is 34.7 Å². The highest BCUT2D eigenvalue weighted by Gasteiger charge is 2.45. The summed E-state index contributed by atoms with van der Waals surface area (Å²) in [5, 5.41) is 31.2. The Balaban J connectivity index is 1.47. The first-order valence-electron chi connectivity index (χ1n) is 11.8. The number of nitrogens with zero attached hydrogens (tertiary/aromatic N) is 4. The number of ketones is 1. The number of carbonyl (C=O) groups is 2. The molecule has 200 valence electrons. The molecule has 2 heterocycles. The van der Waals surface area contributed by atoms with Crippen molar-refractivity contribution >= 4 is 63.3 Å². The average molecular weight is 591 g/mol. The van der Waals surface area contributed by atoms with Crippen molar-refractivity contribution in [1.82, 2.24) is 10.2 Å². The van der Waals surface area contributed by atoms with E-state index in [0.29, 0.717) is 20.7 Å². The summed E-state index contributed by atoms with van der Waals surface area (Å²) in [5.41, 5.74) is 1.86.